The number of aromatic amines is 1. The van der Waals surface area contributed by atoms with Gasteiger partial charge in [-0.25, -0.2) is 22.6 Å². The minimum Gasteiger partial charge on any atom is -0.501 e. The summed E-state index contributed by atoms with van der Waals surface area (Å²) in [4.78, 5) is 41.0. The summed E-state index contributed by atoms with van der Waals surface area (Å²) in [7, 11) is -3.80. The van der Waals surface area contributed by atoms with Crippen LogP contribution in [-0.4, -0.2) is 46.9 Å². The van der Waals surface area contributed by atoms with Gasteiger partial charge in [0.25, 0.3) is 11.5 Å². The van der Waals surface area contributed by atoms with Crippen molar-refractivity contribution in [2.45, 2.75) is 30.8 Å². The molecular formula is C17H19FN4O7S. The highest BCUT2D eigenvalue weighted by atomic mass is 32.2. The number of halogens is 1. The number of carboxylic acid groups (broad SMARTS) is 1. The number of H-pyrrole nitrogens is 1. The van der Waals surface area contributed by atoms with Gasteiger partial charge in [0.1, 0.15) is 11.6 Å². The van der Waals surface area contributed by atoms with Crippen LogP contribution in [0.25, 0.3) is 0 Å². The molecule has 0 bridgehead atoms. The lowest BCUT2D eigenvalue weighted by Gasteiger charge is -2.23. The number of hydrogen-bond acceptors (Lipinski definition) is 7. The summed E-state index contributed by atoms with van der Waals surface area (Å²) in [6.07, 6.45) is -0.535. The molecular weight excluding hydrogens is 423 g/mol. The molecule has 1 aromatic heterocycles. The average Bonchev–Trinajstić information content (AvgIpc) is 2.60. The number of hydrogen-bond donors (Lipinski definition) is 5. The summed E-state index contributed by atoms with van der Waals surface area (Å²) in [6, 6.07) is 2.98. The lowest BCUT2D eigenvalue weighted by Crippen LogP contribution is -2.43. The number of amides is 2. The minimum absolute atomic E-state index is 0.0738. The fraction of sp³-hybridized carbons (Fsp3) is 0.294. The Labute approximate surface area is 169 Å². The molecule has 0 saturated heterocycles. The van der Waals surface area contributed by atoms with Crippen molar-refractivity contribution in [3.05, 3.63) is 51.5 Å². The molecule has 11 nitrogen and oxygen atoms in total. The van der Waals surface area contributed by atoms with Crippen LogP contribution in [0.5, 0.6) is 5.75 Å². The molecule has 0 atom stereocenters. The van der Waals surface area contributed by atoms with Crippen molar-refractivity contribution in [3.63, 3.8) is 0 Å². The third-order valence-corrected chi connectivity index (χ3v) is 5.17. The molecule has 0 aliphatic rings. The predicted octanol–water partition coefficient (Wildman–Crippen LogP) is 0.451. The van der Waals surface area contributed by atoms with Crippen LogP contribution < -0.4 is 16.2 Å². The maximum absolute atomic E-state index is 13.4. The molecule has 0 aliphatic heterocycles. The van der Waals surface area contributed by atoms with Gasteiger partial charge in [0, 0.05) is 12.8 Å². The van der Waals surface area contributed by atoms with Crippen molar-refractivity contribution < 1.29 is 32.6 Å². The third kappa shape index (κ3) is 5.11. The number of carbonyl (C=O) groups excluding carboxylic acids is 1. The van der Waals surface area contributed by atoms with Gasteiger partial charge < -0.3 is 25.8 Å². The van der Waals surface area contributed by atoms with Crippen molar-refractivity contribution in [2.75, 3.05) is 6.26 Å². The smallest absolute Gasteiger partial charge is 0.405 e. The molecule has 0 unspecified atom stereocenters. The summed E-state index contributed by atoms with van der Waals surface area (Å²) >= 11 is 0. The Balaban J connectivity index is 2.37. The fourth-order valence-corrected chi connectivity index (χ4v) is 3.47. The molecule has 2 rings (SSSR count). The second-order valence-corrected chi connectivity index (χ2v) is 8.86. The number of benzene rings is 1. The molecule has 5 N–H and O–H groups in total. The molecule has 1 heterocycles. The SMILES string of the molecule is CC(C)(NC(=O)O)c1nc(C(=O)NCc2ccc(F)cc2S(C)(=O)=O)c(O)c(=O)[nH]1. The highest BCUT2D eigenvalue weighted by Gasteiger charge is 2.29. The summed E-state index contributed by atoms with van der Waals surface area (Å²) in [5, 5.41) is 23.2. The number of nitrogens with zero attached hydrogens (tertiary/aromatic N) is 1. The Hall–Kier alpha value is -3.48. The summed E-state index contributed by atoms with van der Waals surface area (Å²) in [5.41, 5.74) is -3.11. The molecule has 13 heteroatoms. The predicted molar refractivity (Wildman–Crippen MR) is 101 cm³/mol. The van der Waals surface area contributed by atoms with Gasteiger partial charge >= 0.3 is 6.09 Å². The van der Waals surface area contributed by atoms with Crippen LogP contribution in [0.15, 0.2) is 27.9 Å². The number of carbonyl (C=O) groups is 2. The van der Waals surface area contributed by atoms with E-state index >= 15 is 0 Å². The standard InChI is InChI=1S/C17H19FN4O7S/c1-17(2,22-16(26)27)15-20-11(12(23)14(25)21-15)13(24)19-7-8-4-5-9(18)6-10(8)30(3,28)29/h4-6,22-23H,7H2,1-3H3,(H,19,24)(H,26,27)(H,20,21,25). The first-order chi connectivity index (χ1) is 13.7. The van der Waals surface area contributed by atoms with Gasteiger partial charge in [-0.05, 0) is 31.5 Å². The van der Waals surface area contributed by atoms with E-state index in [-0.39, 0.29) is 22.8 Å². The van der Waals surface area contributed by atoms with Crippen molar-refractivity contribution in [1.82, 2.24) is 20.6 Å². The third-order valence-electron chi connectivity index (χ3n) is 3.99. The molecule has 30 heavy (non-hydrogen) atoms. The van der Waals surface area contributed by atoms with E-state index in [9.17, 15) is 32.3 Å². The van der Waals surface area contributed by atoms with Crippen LogP contribution in [-0.2, 0) is 21.9 Å². The van der Waals surface area contributed by atoms with Gasteiger partial charge in [0.2, 0.25) is 5.75 Å². The highest BCUT2D eigenvalue weighted by Crippen LogP contribution is 2.19. The molecule has 162 valence electrons. The molecule has 0 fully saturated rings. The molecule has 0 spiro atoms. The minimum atomic E-state index is -3.80. The van der Waals surface area contributed by atoms with Crippen LogP contribution in [0, 0.1) is 5.82 Å². The van der Waals surface area contributed by atoms with Gasteiger partial charge in [0.15, 0.2) is 15.5 Å². The Morgan fingerprint density at radius 3 is 2.50 bits per heavy atom. The van der Waals surface area contributed by atoms with E-state index < -0.39 is 50.2 Å². The molecule has 2 amide bonds. The zero-order valence-electron chi connectivity index (χ0n) is 16.1. The average molecular weight is 442 g/mol. The van der Waals surface area contributed by atoms with Crippen LogP contribution in [0.1, 0.15) is 35.7 Å². The van der Waals surface area contributed by atoms with E-state index in [0.29, 0.717) is 0 Å². The monoisotopic (exact) mass is 442 g/mol. The van der Waals surface area contributed by atoms with Gasteiger partial charge in [-0.15, -0.1) is 0 Å². The van der Waals surface area contributed by atoms with Gasteiger partial charge in [-0.1, -0.05) is 6.07 Å². The number of rotatable bonds is 6. The first-order valence-corrected chi connectivity index (χ1v) is 10.2. The lowest BCUT2D eigenvalue weighted by atomic mass is 10.0. The summed E-state index contributed by atoms with van der Waals surface area (Å²) in [6.45, 7) is 2.37. The van der Waals surface area contributed by atoms with Crippen molar-refractivity contribution in [2.24, 2.45) is 0 Å². The van der Waals surface area contributed by atoms with Crippen LogP contribution in [0.3, 0.4) is 0 Å². The molecule has 0 radical (unpaired) electrons. The number of aromatic nitrogens is 2. The van der Waals surface area contributed by atoms with E-state index in [1.165, 1.54) is 19.9 Å². The van der Waals surface area contributed by atoms with Gasteiger partial charge in [0.05, 0.1) is 10.4 Å². The Bertz CT molecular complexity index is 1180. The van der Waals surface area contributed by atoms with Gasteiger partial charge in [-0.3, -0.25) is 9.59 Å². The second-order valence-electron chi connectivity index (χ2n) is 6.87. The Morgan fingerprint density at radius 1 is 1.30 bits per heavy atom. The number of aromatic hydroxyl groups is 1. The van der Waals surface area contributed by atoms with E-state index in [4.69, 9.17) is 5.11 Å². The zero-order chi connectivity index (χ0) is 22.9. The van der Waals surface area contributed by atoms with Crippen molar-refractivity contribution in [1.29, 1.82) is 0 Å². The maximum Gasteiger partial charge on any atom is 0.405 e. The van der Waals surface area contributed by atoms with Crippen molar-refractivity contribution >= 4 is 21.8 Å². The number of sulfone groups is 1. The topological polar surface area (TPSA) is 179 Å². The normalized spacial score (nSPS) is 11.7. The second kappa shape index (κ2) is 8.10. The molecule has 0 aliphatic carbocycles. The lowest BCUT2D eigenvalue weighted by molar-refractivity contribution is 0.0941. The van der Waals surface area contributed by atoms with E-state index in [2.05, 4.69) is 20.6 Å². The van der Waals surface area contributed by atoms with Crippen LogP contribution in [0.4, 0.5) is 9.18 Å². The summed E-state index contributed by atoms with van der Waals surface area (Å²) < 4.78 is 37.1. The Kier molecular flexibility index (Phi) is 6.16. The zero-order valence-corrected chi connectivity index (χ0v) is 16.9. The Morgan fingerprint density at radius 2 is 1.93 bits per heavy atom. The fourth-order valence-electron chi connectivity index (χ4n) is 2.53. The van der Waals surface area contributed by atoms with Crippen LogP contribution >= 0.6 is 0 Å². The van der Waals surface area contributed by atoms with Gasteiger partial charge in [-0.2, -0.15) is 0 Å². The first kappa shape index (κ1) is 22.8. The number of nitrogens with one attached hydrogen (secondary N) is 3. The first-order valence-electron chi connectivity index (χ1n) is 8.34. The van der Waals surface area contributed by atoms with Crippen LogP contribution in [0.2, 0.25) is 0 Å². The largest absolute Gasteiger partial charge is 0.501 e. The van der Waals surface area contributed by atoms with E-state index in [0.717, 1.165) is 18.4 Å². The van der Waals surface area contributed by atoms with E-state index in [1.807, 2.05) is 0 Å². The molecule has 1 aromatic carbocycles. The summed E-state index contributed by atoms with van der Waals surface area (Å²) in [5.74, 6) is -3.06. The molecule has 0 saturated carbocycles. The molecule has 2 aromatic rings. The van der Waals surface area contributed by atoms with E-state index in [1.54, 1.807) is 0 Å². The quantitative estimate of drug-likeness (QED) is 0.428. The maximum atomic E-state index is 13.4. The van der Waals surface area contributed by atoms with Crippen molar-refractivity contribution in [3.8, 4) is 5.75 Å². The highest BCUT2D eigenvalue weighted by molar-refractivity contribution is 7.90.